The van der Waals surface area contributed by atoms with Crippen molar-refractivity contribution in [3.05, 3.63) is 0 Å². The third kappa shape index (κ3) is 21.9. The maximum Gasteiger partial charge on any atom is 0.236 e. The average Bonchev–Trinajstić information content (AvgIpc) is 2.75. The molecule has 6 N–H and O–H groups in total. The molecule has 180 valence electrons. The molecular formula is C21H46N4O5. The fourth-order valence-electron chi connectivity index (χ4n) is 2.47. The van der Waals surface area contributed by atoms with Crippen molar-refractivity contribution < 1.29 is 23.7 Å². The Kier molecular flexibility index (Phi) is 23.8. The molecule has 9 heteroatoms. The Hall–Kier alpha value is -0.810. The Balaban J connectivity index is 3.17. The van der Waals surface area contributed by atoms with Crippen molar-refractivity contribution in [3.8, 4) is 0 Å². The molecule has 0 fully saturated rings. The highest BCUT2D eigenvalue weighted by atomic mass is 16.6. The van der Waals surface area contributed by atoms with Gasteiger partial charge >= 0.3 is 0 Å². The standard InChI is InChI=1S/C21H46N4O5/c1-2-3-12-27-14-16-29-18-19-30-17-15-28-13-11-24-9-6-10-25-21(26)20(23)7-4-5-8-22/h20,24H,2-19,22-23H2,1H3,(H,25,26)/t20-/m0/s1. The van der Waals surface area contributed by atoms with Crippen LogP contribution in [-0.4, -0.2) is 91.0 Å². The van der Waals surface area contributed by atoms with Crippen LogP contribution >= 0.6 is 0 Å². The van der Waals surface area contributed by atoms with Crippen molar-refractivity contribution in [1.82, 2.24) is 10.6 Å². The number of ether oxygens (including phenoxy) is 4. The first-order valence-electron chi connectivity index (χ1n) is 11.5. The van der Waals surface area contributed by atoms with Crippen LogP contribution in [0.4, 0.5) is 0 Å². The molecule has 0 heterocycles. The molecule has 0 unspecified atom stereocenters. The molecule has 0 radical (unpaired) electrons. The molecule has 0 spiro atoms. The Labute approximate surface area is 182 Å². The second kappa shape index (κ2) is 24.5. The van der Waals surface area contributed by atoms with Gasteiger partial charge in [0.2, 0.25) is 5.91 Å². The summed E-state index contributed by atoms with van der Waals surface area (Å²) in [6, 6.07) is -0.434. The number of hydrogen-bond donors (Lipinski definition) is 4. The number of carbonyl (C=O) groups excluding carboxylic acids is 1. The lowest BCUT2D eigenvalue weighted by Gasteiger charge is -2.12. The normalized spacial score (nSPS) is 12.2. The van der Waals surface area contributed by atoms with E-state index in [1.54, 1.807) is 0 Å². The highest BCUT2D eigenvalue weighted by molar-refractivity contribution is 5.81. The van der Waals surface area contributed by atoms with Gasteiger partial charge in [0, 0.05) is 19.7 Å². The van der Waals surface area contributed by atoms with Gasteiger partial charge < -0.3 is 41.0 Å². The summed E-state index contributed by atoms with van der Waals surface area (Å²) in [6.45, 7) is 9.98. The summed E-state index contributed by atoms with van der Waals surface area (Å²) in [5.74, 6) is -0.0824. The molecule has 1 atom stereocenters. The van der Waals surface area contributed by atoms with Gasteiger partial charge in [0.25, 0.3) is 0 Å². The lowest BCUT2D eigenvalue weighted by molar-refractivity contribution is -0.122. The molecule has 0 bridgehead atoms. The summed E-state index contributed by atoms with van der Waals surface area (Å²) in [5, 5.41) is 6.14. The van der Waals surface area contributed by atoms with Crippen LogP contribution in [0.5, 0.6) is 0 Å². The quantitative estimate of drug-likeness (QED) is 0.161. The van der Waals surface area contributed by atoms with Crippen LogP contribution in [0.15, 0.2) is 0 Å². The van der Waals surface area contributed by atoms with E-state index in [1.807, 2.05) is 0 Å². The molecule has 30 heavy (non-hydrogen) atoms. The SMILES string of the molecule is CCCCOCCOCCOCCOCCNCCCNC(=O)[C@@H](N)CCCCN. The highest BCUT2D eigenvalue weighted by Gasteiger charge is 2.11. The minimum absolute atomic E-state index is 0.0824. The van der Waals surface area contributed by atoms with E-state index >= 15 is 0 Å². The summed E-state index contributed by atoms with van der Waals surface area (Å²) in [5.41, 5.74) is 11.3. The Bertz CT molecular complexity index is 364. The number of amides is 1. The van der Waals surface area contributed by atoms with E-state index in [0.717, 1.165) is 51.8 Å². The summed E-state index contributed by atoms with van der Waals surface area (Å²) in [6.07, 6.45) is 5.58. The number of carbonyl (C=O) groups is 1. The predicted molar refractivity (Wildman–Crippen MR) is 120 cm³/mol. The molecule has 0 aromatic heterocycles. The molecule has 0 aliphatic rings. The van der Waals surface area contributed by atoms with Crippen molar-refractivity contribution >= 4 is 5.91 Å². The van der Waals surface area contributed by atoms with Crippen LogP contribution in [0.1, 0.15) is 45.4 Å². The van der Waals surface area contributed by atoms with Crippen LogP contribution in [-0.2, 0) is 23.7 Å². The lowest BCUT2D eigenvalue weighted by Crippen LogP contribution is -2.41. The molecular weight excluding hydrogens is 388 g/mol. The van der Waals surface area contributed by atoms with E-state index in [1.165, 1.54) is 0 Å². The van der Waals surface area contributed by atoms with Gasteiger partial charge in [-0.1, -0.05) is 19.8 Å². The summed E-state index contributed by atoms with van der Waals surface area (Å²) < 4.78 is 21.8. The van der Waals surface area contributed by atoms with Crippen LogP contribution in [0.2, 0.25) is 0 Å². The molecule has 0 rings (SSSR count). The van der Waals surface area contributed by atoms with Gasteiger partial charge in [0.05, 0.1) is 52.3 Å². The average molecular weight is 435 g/mol. The Morgan fingerprint density at radius 1 is 0.767 bits per heavy atom. The van der Waals surface area contributed by atoms with Crippen LogP contribution in [0.25, 0.3) is 0 Å². The molecule has 0 aromatic carbocycles. The van der Waals surface area contributed by atoms with E-state index in [9.17, 15) is 4.79 Å². The van der Waals surface area contributed by atoms with E-state index in [4.69, 9.17) is 30.4 Å². The molecule has 9 nitrogen and oxygen atoms in total. The summed E-state index contributed by atoms with van der Waals surface area (Å²) in [4.78, 5) is 11.8. The van der Waals surface area contributed by atoms with Crippen molar-refractivity contribution in [2.45, 2.75) is 51.5 Å². The summed E-state index contributed by atoms with van der Waals surface area (Å²) >= 11 is 0. The number of nitrogens with two attached hydrogens (primary N) is 2. The fourth-order valence-corrected chi connectivity index (χ4v) is 2.47. The topological polar surface area (TPSA) is 130 Å². The monoisotopic (exact) mass is 434 g/mol. The fraction of sp³-hybridized carbons (Fsp3) is 0.952. The number of nitrogens with one attached hydrogen (secondary N) is 2. The second-order valence-corrected chi connectivity index (χ2v) is 7.09. The minimum atomic E-state index is -0.434. The van der Waals surface area contributed by atoms with Gasteiger partial charge in [-0.15, -0.1) is 0 Å². The van der Waals surface area contributed by atoms with Gasteiger partial charge in [-0.3, -0.25) is 4.79 Å². The maximum absolute atomic E-state index is 11.8. The highest BCUT2D eigenvalue weighted by Crippen LogP contribution is 1.97. The third-order valence-electron chi connectivity index (χ3n) is 4.32. The lowest BCUT2D eigenvalue weighted by atomic mass is 10.1. The predicted octanol–water partition coefficient (Wildman–Crippen LogP) is 0.405. The van der Waals surface area contributed by atoms with Crippen molar-refractivity contribution in [2.75, 3.05) is 79.0 Å². The maximum atomic E-state index is 11.8. The third-order valence-corrected chi connectivity index (χ3v) is 4.32. The van der Waals surface area contributed by atoms with Gasteiger partial charge in [-0.25, -0.2) is 0 Å². The number of unbranched alkanes of at least 4 members (excludes halogenated alkanes) is 2. The zero-order chi connectivity index (χ0) is 22.1. The van der Waals surface area contributed by atoms with Gasteiger partial charge in [-0.05, 0) is 38.8 Å². The number of hydrogen-bond acceptors (Lipinski definition) is 8. The first-order chi connectivity index (χ1) is 14.7. The first kappa shape index (κ1) is 29.2. The Morgan fingerprint density at radius 3 is 1.97 bits per heavy atom. The molecule has 0 aliphatic carbocycles. The Morgan fingerprint density at radius 2 is 1.37 bits per heavy atom. The second-order valence-electron chi connectivity index (χ2n) is 7.09. The van der Waals surface area contributed by atoms with Gasteiger partial charge in [0.15, 0.2) is 0 Å². The molecule has 0 saturated heterocycles. The van der Waals surface area contributed by atoms with E-state index < -0.39 is 6.04 Å². The van der Waals surface area contributed by atoms with E-state index in [0.29, 0.717) is 65.8 Å². The van der Waals surface area contributed by atoms with Crippen LogP contribution in [0, 0.1) is 0 Å². The minimum Gasteiger partial charge on any atom is -0.379 e. The molecule has 0 saturated carbocycles. The van der Waals surface area contributed by atoms with Crippen molar-refractivity contribution in [1.29, 1.82) is 0 Å². The van der Waals surface area contributed by atoms with Crippen LogP contribution < -0.4 is 22.1 Å². The smallest absolute Gasteiger partial charge is 0.236 e. The van der Waals surface area contributed by atoms with Crippen LogP contribution in [0.3, 0.4) is 0 Å². The molecule has 1 amide bonds. The van der Waals surface area contributed by atoms with Crippen molar-refractivity contribution in [3.63, 3.8) is 0 Å². The molecule has 0 aliphatic heterocycles. The summed E-state index contributed by atoms with van der Waals surface area (Å²) in [7, 11) is 0. The molecule has 0 aromatic rings. The van der Waals surface area contributed by atoms with Gasteiger partial charge in [0.1, 0.15) is 0 Å². The van der Waals surface area contributed by atoms with Gasteiger partial charge in [-0.2, -0.15) is 0 Å². The zero-order valence-corrected chi connectivity index (χ0v) is 19.0. The largest absolute Gasteiger partial charge is 0.379 e. The number of rotatable bonds is 24. The zero-order valence-electron chi connectivity index (χ0n) is 19.0. The van der Waals surface area contributed by atoms with E-state index in [-0.39, 0.29) is 5.91 Å². The van der Waals surface area contributed by atoms with E-state index in [2.05, 4.69) is 17.6 Å². The first-order valence-corrected chi connectivity index (χ1v) is 11.5. The van der Waals surface area contributed by atoms with Crippen molar-refractivity contribution in [2.24, 2.45) is 11.5 Å².